The number of rotatable bonds is 3. The van der Waals surface area contributed by atoms with Crippen molar-refractivity contribution in [2.75, 3.05) is 20.3 Å². The Balaban J connectivity index is 1.91. The van der Waals surface area contributed by atoms with Crippen LogP contribution in [0.3, 0.4) is 0 Å². The standard InChI is InChI=1S/C10H15NOS/c1-12-7-9-5-8(6-11-9)10-3-2-4-13-10/h2-4,8-9,11H,5-7H2,1H3. The summed E-state index contributed by atoms with van der Waals surface area (Å²) in [4.78, 5) is 1.51. The van der Waals surface area contributed by atoms with Crippen LogP contribution >= 0.6 is 11.3 Å². The fourth-order valence-electron chi connectivity index (χ4n) is 1.89. The van der Waals surface area contributed by atoms with E-state index in [0.717, 1.165) is 13.2 Å². The number of nitrogens with one attached hydrogen (secondary N) is 1. The van der Waals surface area contributed by atoms with Crippen molar-refractivity contribution in [1.82, 2.24) is 5.32 Å². The molecule has 1 aliphatic heterocycles. The molecule has 2 unspecified atom stereocenters. The van der Waals surface area contributed by atoms with E-state index in [1.807, 2.05) is 11.3 Å². The Labute approximate surface area is 82.9 Å². The molecule has 0 aliphatic carbocycles. The van der Waals surface area contributed by atoms with Crippen molar-refractivity contribution in [3.05, 3.63) is 22.4 Å². The van der Waals surface area contributed by atoms with Crippen molar-refractivity contribution >= 4 is 11.3 Å². The zero-order valence-corrected chi connectivity index (χ0v) is 8.64. The zero-order chi connectivity index (χ0) is 9.10. The molecule has 2 atom stereocenters. The van der Waals surface area contributed by atoms with Gasteiger partial charge in [0, 0.05) is 30.5 Å². The molecular formula is C10H15NOS. The van der Waals surface area contributed by atoms with Crippen molar-refractivity contribution in [2.45, 2.75) is 18.4 Å². The van der Waals surface area contributed by atoms with Crippen LogP contribution in [0.15, 0.2) is 17.5 Å². The Morgan fingerprint density at radius 1 is 1.69 bits per heavy atom. The predicted octanol–water partition coefficient (Wildman–Crippen LogP) is 1.84. The Morgan fingerprint density at radius 2 is 2.62 bits per heavy atom. The maximum absolute atomic E-state index is 5.13. The highest BCUT2D eigenvalue weighted by molar-refractivity contribution is 7.10. The highest BCUT2D eigenvalue weighted by Crippen LogP contribution is 2.28. The van der Waals surface area contributed by atoms with Gasteiger partial charge in [-0.15, -0.1) is 11.3 Å². The van der Waals surface area contributed by atoms with Crippen molar-refractivity contribution < 1.29 is 4.74 Å². The Hall–Kier alpha value is -0.380. The molecule has 0 aromatic carbocycles. The summed E-state index contributed by atoms with van der Waals surface area (Å²) in [5.41, 5.74) is 0. The molecule has 13 heavy (non-hydrogen) atoms. The smallest absolute Gasteiger partial charge is 0.0616 e. The predicted molar refractivity (Wildman–Crippen MR) is 55.3 cm³/mol. The molecule has 2 nitrogen and oxygen atoms in total. The molecule has 1 N–H and O–H groups in total. The average molecular weight is 197 g/mol. The van der Waals surface area contributed by atoms with E-state index >= 15 is 0 Å². The molecule has 2 rings (SSSR count). The van der Waals surface area contributed by atoms with Crippen LogP contribution in [0.4, 0.5) is 0 Å². The molecule has 1 aliphatic rings. The number of methoxy groups -OCH3 is 1. The monoisotopic (exact) mass is 197 g/mol. The van der Waals surface area contributed by atoms with Crippen LogP contribution < -0.4 is 5.32 Å². The molecule has 1 fully saturated rings. The Morgan fingerprint density at radius 3 is 3.31 bits per heavy atom. The summed E-state index contributed by atoms with van der Waals surface area (Å²) in [7, 11) is 1.76. The van der Waals surface area contributed by atoms with E-state index in [1.165, 1.54) is 11.3 Å². The molecule has 1 saturated heterocycles. The second-order valence-corrected chi connectivity index (χ2v) is 4.49. The number of ether oxygens (including phenoxy) is 1. The van der Waals surface area contributed by atoms with Crippen LogP contribution in [-0.2, 0) is 4.74 Å². The maximum atomic E-state index is 5.13. The SMILES string of the molecule is COCC1CC(c2cccs2)CN1. The lowest BCUT2D eigenvalue weighted by Gasteiger charge is -2.07. The van der Waals surface area contributed by atoms with Crippen LogP contribution in [0, 0.1) is 0 Å². The molecule has 0 saturated carbocycles. The Bertz CT molecular complexity index is 247. The molecule has 0 amide bonds. The first kappa shape index (κ1) is 9.19. The van der Waals surface area contributed by atoms with Crippen LogP contribution in [0.5, 0.6) is 0 Å². The van der Waals surface area contributed by atoms with E-state index < -0.39 is 0 Å². The summed E-state index contributed by atoms with van der Waals surface area (Å²) < 4.78 is 5.13. The molecule has 1 aromatic rings. The van der Waals surface area contributed by atoms with Gasteiger partial charge >= 0.3 is 0 Å². The first-order valence-electron chi connectivity index (χ1n) is 4.66. The van der Waals surface area contributed by atoms with E-state index in [2.05, 4.69) is 22.8 Å². The molecular weight excluding hydrogens is 182 g/mol. The minimum atomic E-state index is 0.553. The van der Waals surface area contributed by atoms with Gasteiger partial charge in [0.2, 0.25) is 0 Å². The van der Waals surface area contributed by atoms with E-state index in [-0.39, 0.29) is 0 Å². The fraction of sp³-hybridized carbons (Fsp3) is 0.600. The molecule has 72 valence electrons. The number of hydrogen-bond donors (Lipinski definition) is 1. The normalized spacial score (nSPS) is 28.1. The fourth-order valence-corrected chi connectivity index (χ4v) is 2.73. The van der Waals surface area contributed by atoms with Gasteiger partial charge < -0.3 is 10.1 Å². The van der Waals surface area contributed by atoms with Gasteiger partial charge in [0.05, 0.1) is 6.61 Å². The summed E-state index contributed by atoms with van der Waals surface area (Å²) in [6.45, 7) is 1.94. The van der Waals surface area contributed by atoms with Crippen LogP contribution in [0.2, 0.25) is 0 Å². The summed E-state index contributed by atoms with van der Waals surface area (Å²) in [6.07, 6.45) is 1.22. The lowest BCUT2D eigenvalue weighted by Crippen LogP contribution is -2.25. The summed E-state index contributed by atoms with van der Waals surface area (Å²) in [5.74, 6) is 0.708. The van der Waals surface area contributed by atoms with E-state index in [4.69, 9.17) is 4.74 Å². The zero-order valence-electron chi connectivity index (χ0n) is 7.82. The van der Waals surface area contributed by atoms with E-state index in [0.29, 0.717) is 12.0 Å². The van der Waals surface area contributed by atoms with Crippen molar-refractivity contribution in [1.29, 1.82) is 0 Å². The van der Waals surface area contributed by atoms with Gasteiger partial charge in [0.25, 0.3) is 0 Å². The van der Waals surface area contributed by atoms with Gasteiger partial charge in [0.15, 0.2) is 0 Å². The van der Waals surface area contributed by atoms with E-state index in [1.54, 1.807) is 7.11 Å². The van der Waals surface area contributed by atoms with Gasteiger partial charge in [-0.2, -0.15) is 0 Å². The number of hydrogen-bond acceptors (Lipinski definition) is 3. The quantitative estimate of drug-likeness (QED) is 0.798. The highest BCUT2D eigenvalue weighted by Gasteiger charge is 2.25. The third kappa shape index (κ3) is 2.10. The maximum Gasteiger partial charge on any atom is 0.0616 e. The molecule has 0 bridgehead atoms. The molecule has 0 radical (unpaired) electrons. The van der Waals surface area contributed by atoms with Crippen LogP contribution in [0.25, 0.3) is 0 Å². The highest BCUT2D eigenvalue weighted by atomic mass is 32.1. The van der Waals surface area contributed by atoms with Crippen LogP contribution in [-0.4, -0.2) is 26.3 Å². The first-order chi connectivity index (χ1) is 6.40. The van der Waals surface area contributed by atoms with Gasteiger partial charge in [-0.05, 0) is 17.9 Å². The minimum absolute atomic E-state index is 0.553. The Kier molecular flexibility index (Phi) is 2.98. The molecule has 3 heteroatoms. The van der Waals surface area contributed by atoms with Gasteiger partial charge in [-0.1, -0.05) is 6.07 Å². The third-order valence-corrected chi connectivity index (χ3v) is 3.57. The lowest BCUT2D eigenvalue weighted by atomic mass is 10.0. The third-order valence-electron chi connectivity index (χ3n) is 2.54. The average Bonchev–Trinajstić information content (AvgIpc) is 2.70. The van der Waals surface area contributed by atoms with Crippen molar-refractivity contribution in [3.8, 4) is 0 Å². The van der Waals surface area contributed by atoms with E-state index in [9.17, 15) is 0 Å². The topological polar surface area (TPSA) is 21.3 Å². The second-order valence-electron chi connectivity index (χ2n) is 3.51. The van der Waals surface area contributed by atoms with Gasteiger partial charge in [-0.3, -0.25) is 0 Å². The van der Waals surface area contributed by atoms with Crippen LogP contribution in [0.1, 0.15) is 17.2 Å². The van der Waals surface area contributed by atoms with Gasteiger partial charge in [0.1, 0.15) is 0 Å². The van der Waals surface area contributed by atoms with Gasteiger partial charge in [-0.25, -0.2) is 0 Å². The van der Waals surface area contributed by atoms with Crippen molar-refractivity contribution in [3.63, 3.8) is 0 Å². The molecule has 1 aromatic heterocycles. The summed E-state index contributed by atoms with van der Waals surface area (Å²) in [6, 6.07) is 4.91. The first-order valence-corrected chi connectivity index (χ1v) is 5.54. The van der Waals surface area contributed by atoms with Crippen molar-refractivity contribution in [2.24, 2.45) is 0 Å². The lowest BCUT2D eigenvalue weighted by molar-refractivity contribution is 0.173. The molecule has 0 spiro atoms. The summed E-state index contributed by atoms with van der Waals surface area (Å²) >= 11 is 1.86. The number of thiophene rings is 1. The second kappa shape index (κ2) is 4.22. The molecule has 2 heterocycles. The largest absolute Gasteiger partial charge is 0.383 e. The summed E-state index contributed by atoms with van der Waals surface area (Å²) in [5, 5.41) is 5.63. The minimum Gasteiger partial charge on any atom is -0.383 e.